The minimum absolute atomic E-state index is 0.211. The lowest BCUT2D eigenvalue weighted by atomic mass is 10.1. The third-order valence-electron chi connectivity index (χ3n) is 4.22. The van der Waals surface area contributed by atoms with Gasteiger partial charge >= 0.3 is 0 Å². The minimum Gasteiger partial charge on any atom is -0.342 e. The number of carbonyl (C=O) groups excluding carboxylic acids is 1. The Hall–Kier alpha value is -3.41. The Balaban J connectivity index is 1.66. The van der Waals surface area contributed by atoms with Crippen LogP contribution in [0.15, 0.2) is 59.5 Å². The Morgan fingerprint density at radius 2 is 1.80 bits per heavy atom. The molecule has 0 fully saturated rings. The summed E-state index contributed by atoms with van der Waals surface area (Å²) in [6.07, 6.45) is 1.45. The fourth-order valence-electron chi connectivity index (χ4n) is 2.92. The van der Waals surface area contributed by atoms with Crippen LogP contribution in [0.2, 0.25) is 0 Å². The molecular weight excluding hydrogens is 316 g/mol. The second kappa shape index (κ2) is 5.90. The molecule has 2 aromatic carbocycles. The van der Waals surface area contributed by atoms with E-state index in [0.29, 0.717) is 22.2 Å². The molecule has 6 nitrogen and oxygen atoms in total. The predicted molar refractivity (Wildman–Crippen MR) is 96.5 cm³/mol. The van der Waals surface area contributed by atoms with Crippen LogP contribution >= 0.6 is 0 Å². The molecule has 3 N–H and O–H groups in total. The second-order valence-electron chi connectivity index (χ2n) is 5.91. The van der Waals surface area contributed by atoms with E-state index in [1.807, 2.05) is 31.2 Å². The van der Waals surface area contributed by atoms with Gasteiger partial charge < -0.3 is 15.3 Å². The largest absolute Gasteiger partial charge is 0.342 e. The van der Waals surface area contributed by atoms with Crippen LogP contribution in [0.1, 0.15) is 29.1 Å². The Labute approximate surface area is 142 Å². The summed E-state index contributed by atoms with van der Waals surface area (Å²) in [6.45, 7) is 1.86. The average molecular weight is 332 g/mol. The fourth-order valence-corrected chi connectivity index (χ4v) is 2.92. The first-order valence-corrected chi connectivity index (χ1v) is 7.99. The first kappa shape index (κ1) is 15.1. The van der Waals surface area contributed by atoms with Crippen molar-refractivity contribution in [2.24, 2.45) is 0 Å². The van der Waals surface area contributed by atoms with Crippen molar-refractivity contribution >= 4 is 27.7 Å². The van der Waals surface area contributed by atoms with Crippen LogP contribution < -0.4 is 10.9 Å². The monoisotopic (exact) mass is 332 g/mol. The van der Waals surface area contributed by atoms with Gasteiger partial charge in [-0.2, -0.15) is 0 Å². The van der Waals surface area contributed by atoms with Crippen LogP contribution in [0.25, 0.3) is 21.8 Å². The van der Waals surface area contributed by atoms with Crippen LogP contribution in [-0.2, 0) is 0 Å². The zero-order valence-corrected chi connectivity index (χ0v) is 13.5. The average Bonchev–Trinajstić information content (AvgIpc) is 3.06. The summed E-state index contributed by atoms with van der Waals surface area (Å²) in [5, 5.41) is 4.05. The van der Waals surface area contributed by atoms with Crippen molar-refractivity contribution in [3.05, 3.63) is 76.5 Å². The van der Waals surface area contributed by atoms with E-state index in [4.69, 9.17) is 0 Å². The molecule has 0 aliphatic heterocycles. The Morgan fingerprint density at radius 1 is 1.08 bits per heavy atom. The quantitative estimate of drug-likeness (QED) is 0.539. The Morgan fingerprint density at radius 3 is 2.60 bits per heavy atom. The number of hydrogen-bond acceptors (Lipinski definition) is 3. The summed E-state index contributed by atoms with van der Waals surface area (Å²) in [5.41, 5.74) is 2.00. The van der Waals surface area contributed by atoms with Gasteiger partial charge in [0.1, 0.15) is 5.82 Å². The molecular formula is C19H16N4O2. The van der Waals surface area contributed by atoms with Crippen molar-refractivity contribution in [2.75, 3.05) is 0 Å². The number of nitrogens with one attached hydrogen (secondary N) is 3. The highest BCUT2D eigenvalue weighted by molar-refractivity contribution is 6.06. The maximum atomic E-state index is 12.7. The lowest BCUT2D eigenvalue weighted by Gasteiger charge is -2.12. The zero-order valence-electron chi connectivity index (χ0n) is 13.5. The van der Waals surface area contributed by atoms with Gasteiger partial charge in [-0.15, -0.1) is 0 Å². The summed E-state index contributed by atoms with van der Waals surface area (Å²) in [5.74, 6) is 0.420. The minimum atomic E-state index is -0.300. The summed E-state index contributed by atoms with van der Waals surface area (Å²) >= 11 is 0. The van der Waals surface area contributed by atoms with Gasteiger partial charge in [0.05, 0.1) is 22.6 Å². The van der Waals surface area contributed by atoms with Crippen molar-refractivity contribution in [1.29, 1.82) is 0 Å². The third-order valence-corrected chi connectivity index (χ3v) is 4.22. The van der Waals surface area contributed by atoms with Crippen LogP contribution in [0.4, 0.5) is 0 Å². The molecule has 124 valence electrons. The van der Waals surface area contributed by atoms with Crippen LogP contribution in [0.3, 0.4) is 0 Å². The molecule has 0 aliphatic rings. The lowest BCUT2D eigenvalue weighted by Crippen LogP contribution is -2.28. The van der Waals surface area contributed by atoms with Crippen molar-refractivity contribution in [3.8, 4) is 0 Å². The maximum Gasteiger partial charge on any atom is 0.255 e. The molecule has 4 rings (SSSR count). The number of rotatable bonds is 3. The Bertz CT molecular complexity index is 1110. The number of nitrogens with zero attached hydrogens (tertiary/aromatic N) is 1. The molecule has 0 spiro atoms. The van der Waals surface area contributed by atoms with Gasteiger partial charge in [0.15, 0.2) is 0 Å². The summed E-state index contributed by atoms with van der Waals surface area (Å²) in [4.78, 5) is 34.9. The lowest BCUT2D eigenvalue weighted by molar-refractivity contribution is 0.0940. The number of para-hydroxylation sites is 2. The van der Waals surface area contributed by atoms with Crippen molar-refractivity contribution < 1.29 is 4.79 Å². The van der Waals surface area contributed by atoms with Gasteiger partial charge in [-0.05, 0) is 25.1 Å². The van der Waals surface area contributed by atoms with E-state index in [0.717, 1.165) is 11.0 Å². The number of aromatic amines is 2. The molecule has 0 saturated carbocycles. The van der Waals surface area contributed by atoms with Crippen molar-refractivity contribution in [1.82, 2.24) is 20.3 Å². The zero-order chi connectivity index (χ0) is 17.4. The number of aromatic nitrogens is 3. The Kier molecular flexibility index (Phi) is 3.57. The number of benzene rings is 2. The molecule has 25 heavy (non-hydrogen) atoms. The van der Waals surface area contributed by atoms with Crippen LogP contribution in [0.5, 0.6) is 0 Å². The van der Waals surface area contributed by atoms with E-state index in [-0.39, 0.29) is 17.5 Å². The number of amides is 1. The van der Waals surface area contributed by atoms with Crippen LogP contribution in [0, 0.1) is 0 Å². The molecule has 6 heteroatoms. The smallest absolute Gasteiger partial charge is 0.255 e. The molecule has 0 saturated heterocycles. The van der Waals surface area contributed by atoms with Gasteiger partial charge in [-0.25, -0.2) is 4.98 Å². The number of hydrogen-bond donors (Lipinski definition) is 3. The number of fused-ring (bicyclic) bond motifs is 2. The summed E-state index contributed by atoms with van der Waals surface area (Å²) < 4.78 is 0. The molecule has 2 heterocycles. The number of carbonyl (C=O) groups is 1. The number of H-pyrrole nitrogens is 2. The predicted octanol–water partition coefficient (Wildman–Crippen LogP) is 2.90. The topological polar surface area (TPSA) is 90.6 Å². The van der Waals surface area contributed by atoms with Gasteiger partial charge in [0.25, 0.3) is 11.5 Å². The van der Waals surface area contributed by atoms with E-state index < -0.39 is 0 Å². The molecule has 0 bridgehead atoms. The highest BCUT2D eigenvalue weighted by Crippen LogP contribution is 2.18. The molecule has 1 unspecified atom stereocenters. The van der Waals surface area contributed by atoms with Gasteiger partial charge in [0.2, 0.25) is 0 Å². The van der Waals surface area contributed by atoms with Gasteiger partial charge in [-0.3, -0.25) is 9.59 Å². The van der Waals surface area contributed by atoms with Crippen LogP contribution in [-0.4, -0.2) is 20.9 Å². The standard InChI is InChI=1S/C19H16N4O2/c1-11(17-22-15-8-4-5-9-16(15)23-17)21-19(25)14-10-20-18(24)13-7-3-2-6-12(13)14/h2-11H,1H3,(H,20,24)(H,21,25)(H,22,23). The van der Waals surface area contributed by atoms with E-state index in [2.05, 4.69) is 20.3 Å². The third kappa shape index (κ3) is 2.67. The summed E-state index contributed by atoms with van der Waals surface area (Å²) in [6, 6.07) is 14.5. The van der Waals surface area contributed by atoms with E-state index in [1.54, 1.807) is 24.3 Å². The molecule has 1 amide bonds. The van der Waals surface area contributed by atoms with E-state index >= 15 is 0 Å². The van der Waals surface area contributed by atoms with E-state index in [9.17, 15) is 9.59 Å². The van der Waals surface area contributed by atoms with Crippen molar-refractivity contribution in [3.63, 3.8) is 0 Å². The van der Waals surface area contributed by atoms with Gasteiger partial charge in [-0.1, -0.05) is 30.3 Å². The number of imidazole rings is 1. The fraction of sp³-hybridized carbons (Fsp3) is 0.105. The van der Waals surface area contributed by atoms with Crippen molar-refractivity contribution in [2.45, 2.75) is 13.0 Å². The second-order valence-corrected chi connectivity index (χ2v) is 5.91. The number of pyridine rings is 1. The summed E-state index contributed by atoms with van der Waals surface area (Å²) in [7, 11) is 0. The molecule has 2 aromatic heterocycles. The highest BCUT2D eigenvalue weighted by Gasteiger charge is 2.17. The highest BCUT2D eigenvalue weighted by atomic mass is 16.2. The normalized spacial score (nSPS) is 12.4. The molecule has 0 aliphatic carbocycles. The first-order valence-electron chi connectivity index (χ1n) is 7.99. The van der Waals surface area contributed by atoms with Gasteiger partial charge in [0, 0.05) is 17.0 Å². The maximum absolute atomic E-state index is 12.7. The molecule has 1 atom stereocenters. The SMILES string of the molecule is CC(NC(=O)c1c[nH]c(=O)c2ccccc12)c1nc2ccccc2[nH]1. The molecule has 4 aromatic rings. The van der Waals surface area contributed by atoms with E-state index in [1.165, 1.54) is 6.20 Å². The molecule has 0 radical (unpaired) electrons. The first-order chi connectivity index (χ1) is 12.1.